The van der Waals surface area contributed by atoms with E-state index < -0.39 is 27.1 Å². The molecular formula is C24H23Cl2N3O5. The maximum atomic E-state index is 13.6. The highest BCUT2D eigenvalue weighted by Crippen LogP contribution is 2.71. The van der Waals surface area contributed by atoms with Crippen LogP contribution in [0.25, 0.3) is 0 Å². The Labute approximate surface area is 206 Å². The number of carbonyl (C=O) groups is 2. The summed E-state index contributed by atoms with van der Waals surface area (Å²) in [5.41, 5.74) is -0.506. The van der Waals surface area contributed by atoms with Crippen LogP contribution in [0.3, 0.4) is 0 Å². The van der Waals surface area contributed by atoms with Crippen LogP contribution < -0.4 is 5.32 Å². The van der Waals surface area contributed by atoms with Crippen LogP contribution in [0.15, 0.2) is 47.6 Å². The third-order valence-electron chi connectivity index (χ3n) is 7.84. The van der Waals surface area contributed by atoms with E-state index in [9.17, 15) is 19.7 Å². The molecule has 34 heavy (non-hydrogen) atoms. The highest BCUT2D eigenvalue weighted by Gasteiger charge is 2.71. The fourth-order valence-corrected chi connectivity index (χ4v) is 5.79. The monoisotopic (exact) mass is 503 g/mol. The first-order valence-electron chi connectivity index (χ1n) is 10.7. The summed E-state index contributed by atoms with van der Waals surface area (Å²) in [6.07, 6.45) is 1.70. The molecule has 0 spiro atoms. The van der Waals surface area contributed by atoms with Gasteiger partial charge in [-0.1, -0.05) is 49.1 Å². The summed E-state index contributed by atoms with van der Waals surface area (Å²) in [5, 5.41) is 18.8. The molecule has 2 aromatic carbocycles. The minimum absolute atomic E-state index is 0.126. The molecule has 2 fully saturated rings. The second kappa shape index (κ2) is 8.36. The van der Waals surface area contributed by atoms with E-state index in [2.05, 4.69) is 10.5 Å². The number of nitrogens with zero attached hydrogens (tertiary/aromatic N) is 2. The summed E-state index contributed by atoms with van der Waals surface area (Å²) < 4.78 is 0. The molecule has 0 aliphatic heterocycles. The zero-order chi connectivity index (χ0) is 24.9. The van der Waals surface area contributed by atoms with E-state index in [0.717, 1.165) is 0 Å². The minimum Gasteiger partial charge on any atom is -0.325 e. The number of hydrogen-bond acceptors (Lipinski definition) is 6. The van der Waals surface area contributed by atoms with Gasteiger partial charge in [-0.25, -0.2) is 4.79 Å². The number of halogens is 2. The van der Waals surface area contributed by atoms with E-state index in [-0.39, 0.29) is 17.2 Å². The molecule has 2 aliphatic carbocycles. The highest BCUT2D eigenvalue weighted by atomic mass is 35.5. The van der Waals surface area contributed by atoms with Crippen LogP contribution in [0.1, 0.15) is 50.4 Å². The third-order valence-corrected chi connectivity index (χ3v) is 8.28. The smallest absolute Gasteiger partial charge is 0.325 e. The van der Waals surface area contributed by atoms with Gasteiger partial charge in [0, 0.05) is 39.7 Å². The Balaban J connectivity index is 1.57. The fraction of sp³-hybridized carbons (Fsp3) is 0.375. The maximum Gasteiger partial charge on any atom is 0.365 e. The van der Waals surface area contributed by atoms with Gasteiger partial charge in [-0.3, -0.25) is 14.9 Å². The molecule has 2 saturated carbocycles. The number of carbonyl (C=O) groups excluding carboxylic acids is 2. The fourth-order valence-electron chi connectivity index (χ4n) is 5.27. The van der Waals surface area contributed by atoms with Crippen molar-refractivity contribution in [3.63, 3.8) is 0 Å². The Kier molecular flexibility index (Phi) is 5.94. The first-order valence-corrected chi connectivity index (χ1v) is 11.5. The number of benzene rings is 2. The maximum absolute atomic E-state index is 13.6. The normalized spacial score (nSPS) is 25.9. The molecule has 178 valence electrons. The number of nitro benzene ring substituents is 1. The van der Waals surface area contributed by atoms with Crippen molar-refractivity contribution in [3.8, 4) is 0 Å². The van der Waals surface area contributed by atoms with Crippen LogP contribution in [-0.4, -0.2) is 22.5 Å². The predicted molar refractivity (Wildman–Crippen MR) is 129 cm³/mol. The van der Waals surface area contributed by atoms with Gasteiger partial charge in [0.1, 0.15) is 0 Å². The van der Waals surface area contributed by atoms with Crippen molar-refractivity contribution in [3.05, 3.63) is 68.2 Å². The van der Waals surface area contributed by atoms with Gasteiger partial charge in [-0.05, 0) is 48.6 Å². The van der Waals surface area contributed by atoms with Crippen LogP contribution in [-0.2, 0) is 9.63 Å². The molecule has 2 atom stereocenters. The molecule has 8 nitrogen and oxygen atoms in total. The van der Waals surface area contributed by atoms with Gasteiger partial charge in [0.25, 0.3) is 5.69 Å². The highest BCUT2D eigenvalue weighted by molar-refractivity contribution is 6.35. The van der Waals surface area contributed by atoms with E-state index in [1.165, 1.54) is 24.3 Å². The van der Waals surface area contributed by atoms with Crippen molar-refractivity contribution in [2.75, 3.05) is 5.32 Å². The lowest BCUT2D eigenvalue weighted by Crippen LogP contribution is -2.43. The van der Waals surface area contributed by atoms with Crippen LogP contribution in [0.2, 0.25) is 10.0 Å². The van der Waals surface area contributed by atoms with Crippen molar-refractivity contribution in [2.45, 2.75) is 40.0 Å². The zero-order valence-corrected chi connectivity index (χ0v) is 20.4. The van der Waals surface area contributed by atoms with Crippen molar-refractivity contribution in [2.24, 2.45) is 21.4 Å². The zero-order valence-electron chi connectivity index (χ0n) is 18.9. The van der Waals surface area contributed by atoms with Crippen LogP contribution in [0.4, 0.5) is 11.4 Å². The molecule has 0 aromatic heterocycles. The van der Waals surface area contributed by atoms with Gasteiger partial charge < -0.3 is 10.2 Å². The molecule has 1 amide bonds. The van der Waals surface area contributed by atoms with Crippen molar-refractivity contribution >= 4 is 52.2 Å². The molecular weight excluding hydrogens is 481 g/mol. The number of fused-ring (bicyclic) bond motifs is 2. The number of nitro groups is 1. The van der Waals surface area contributed by atoms with Gasteiger partial charge in [-0.2, -0.15) is 0 Å². The summed E-state index contributed by atoms with van der Waals surface area (Å²) in [5.74, 6) is -0.884. The number of rotatable bonds is 5. The number of non-ortho nitro benzene ring substituents is 1. The second-order valence-electron chi connectivity index (χ2n) is 9.55. The summed E-state index contributed by atoms with van der Waals surface area (Å²) in [7, 11) is 0. The minimum atomic E-state index is -0.755. The number of oxime groups is 1. The van der Waals surface area contributed by atoms with Crippen molar-refractivity contribution in [1.29, 1.82) is 0 Å². The largest absolute Gasteiger partial charge is 0.365 e. The number of amides is 1. The first-order chi connectivity index (χ1) is 15.9. The Morgan fingerprint density at radius 2 is 1.68 bits per heavy atom. The van der Waals surface area contributed by atoms with Crippen molar-refractivity contribution in [1.82, 2.24) is 0 Å². The van der Waals surface area contributed by atoms with Gasteiger partial charge in [0.2, 0.25) is 5.91 Å². The Morgan fingerprint density at radius 3 is 2.26 bits per heavy atom. The quantitative estimate of drug-likeness (QED) is 0.293. The second-order valence-corrected chi connectivity index (χ2v) is 10.4. The lowest BCUT2D eigenvalue weighted by molar-refractivity contribution is -0.384. The van der Waals surface area contributed by atoms with E-state index in [1.807, 2.05) is 20.8 Å². The molecule has 0 heterocycles. The van der Waals surface area contributed by atoms with Crippen LogP contribution in [0.5, 0.6) is 0 Å². The summed E-state index contributed by atoms with van der Waals surface area (Å²) in [6.45, 7) is 6.10. The summed E-state index contributed by atoms with van der Waals surface area (Å²) in [6, 6.07) is 9.96. The summed E-state index contributed by atoms with van der Waals surface area (Å²) in [4.78, 5) is 41.5. The van der Waals surface area contributed by atoms with E-state index in [1.54, 1.807) is 18.2 Å². The molecule has 2 unspecified atom stereocenters. The van der Waals surface area contributed by atoms with E-state index in [4.69, 9.17) is 28.0 Å². The molecule has 2 aromatic rings. The van der Waals surface area contributed by atoms with E-state index >= 15 is 0 Å². The van der Waals surface area contributed by atoms with Gasteiger partial charge >= 0.3 is 5.97 Å². The molecule has 10 heteroatoms. The first kappa shape index (κ1) is 24.2. The number of hydrogen-bond donors (Lipinski definition) is 1. The number of anilines is 1. The molecule has 1 N–H and O–H groups in total. The molecule has 0 saturated heterocycles. The van der Waals surface area contributed by atoms with Crippen LogP contribution in [0, 0.1) is 26.4 Å². The lowest BCUT2D eigenvalue weighted by atomic mass is 9.64. The molecule has 2 bridgehead atoms. The Bertz CT molecular complexity index is 1210. The molecule has 0 radical (unpaired) electrons. The standard InChI is InChI=1S/C24H23Cl2N3O5/c1-22(2)23(3)8-9-24(22,21(31)27-17-11-15(25)10-16(26)12-17)13-19(23)28-34-20(30)14-4-6-18(7-5-14)29(32)33/h4-7,10-12H,8-9,13H2,1-3H3,(H,27,31)/b28-19-. The third kappa shape index (κ3) is 3.75. The van der Waals surface area contributed by atoms with Gasteiger partial charge in [0.15, 0.2) is 0 Å². The topological polar surface area (TPSA) is 111 Å². The average molecular weight is 504 g/mol. The Hall–Kier alpha value is -2.97. The lowest BCUT2D eigenvalue weighted by Gasteiger charge is -2.39. The van der Waals surface area contributed by atoms with Gasteiger partial charge in [-0.15, -0.1) is 0 Å². The van der Waals surface area contributed by atoms with Crippen LogP contribution >= 0.6 is 23.2 Å². The average Bonchev–Trinajstić information content (AvgIpc) is 3.07. The SMILES string of the molecule is CC12CCC(C(=O)Nc3cc(Cl)cc(Cl)c3)(C/C1=N/OC(=O)c1ccc([N+](=O)[O-])cc1)C2(C)C. The molecule has 4 rings (SSSR count). The molecule has 2 aliphatic rings. The van der Waals surface area contributed by atoms with Gasteiger partial charge in [0.05, 0.1) is 21.6 Å². The van der Waals surface area contributed by atoms with Crippen molar-refractivity contribution < 1.29 is 19.3 Å². The predicted octanol–water partition coefficient (Wildman–Crippen LogP) is 6.27. The Morgan fingerprint density at radius 1 is 1.06 bits per heavy atom. The number of nitrogens with one attached hydrogen (secondary N) is 1. The van der Waals surface area contributed by atoms with E-state index in [0.29, 0.717) is 40.7 Å². The summed E-state index contributed by atoms with van der Waals surface area (Å²) >= 11 is 12.2.